The van der Waals surface area contributed by atoms with Crippen molar-refractivity contribution in [3.05, 3.63) is 11.6 Å². The number of carbonyl (C=O) groups is 1. The lowest BCUT2D eigenvalue weighted by Crippen LogP contribution is -2.68. The Morgan fingerprint density at radius 3 is 2.00 bits per heavy atom. The second-order valence-corrected chi connectivity index (χ2v) is 20.7. The summed E-state index contributed by atoms with van der Waals surface area (Å²) in [5, 5.41) is 106. The molecule has 10 N–H and O–H groups in total. The van der Waals surface area contributed by atoms with Crippen molar-refractivity contribution in [2.75, 3.05) is 19.8 Å². The molecule has 0 spiro atoms. The molecule has 2 saturated heterocycles. The van der Waals surface area contributed by atoms with Crippen molar-refractivity contribution in [2.45, 2.75) is 173 Å². The molecule has 5 aliphatic carbocycles. The number of aliphatic hydroxyl groups is 10. The van der Waals surface area contributed by atoms with Crippen LogP contribution in [-0.4, -0.2) is 150 Å². The highest BCUT2D eigenvalue weighted by atomic mass is 16.7. The van der Waals surface area contributed by atoms with Gasteiger partial charge in [-0.1, -0.05) is 53.2 Å². The molecule has 0 aromatic rings. The van der Waals surface area contributed by atoms with Gasteiger partial charge in [0.2, 0.25) is 6.29 Å². The van der Waals surface area contributed by atoms with Gasteiger partial charge in [0.25, 0.3) is 0 Å². The SMILES string of the molecule is CC1(C)CC[C@]2(C(=O)O[C@@H]3O[C@H](CO[C@@H]4O[C@H](CO)[C@@H](O)[C@H](O)[C@H]4O)[C@@H](O)[C@H](O)[C@H]3O)CC[C@]3(C)C(=CC[C@@H]4[C@@]5(C)C[C@@H](O)[C@H](O)[C@@](C)(CO)[C@@H]5CC[C@]43C)[C@@H]2C1. The minimum Gasteiger partial charge on any atom is -0.432 e. The second kappa shape index (κ2) is 14.9. The molecule has 0 bridgehead atoms. The van der Waals surface area contributed by atoms with Gasteiger partial charge in [0, 0.05) is 5.41 Å². The van der Waals surface area contributed by atoms with Crippen LogP contribution in [-0.2, 0) is 23.7 Å². The van der Waals surface area contributed by atoms with Crippen LogP contribution in [0.2, 0.25) is 0 Å². The first kappa shape index (κ1) is 43.8. The first-order valence-electron chi connectivity index (χ1n) is 21.1. The Hall–Kier alpha value is -1.31. The van der Waals surface area contributed by atoms with Crippen molar-refractivity contribution in [1.29, 1.82) is 0 Å². The van der Waals surface area contributed by atoms with Crippen LogP contribution < -0.4 is 0 Å². The summed E-state index contributed by atoms with van der Waals surface area (Å²) in [7, 11) is 0. The molecular formula is C42H68O15. The number of rotatable bonds is 7. The van der Waals surface area contributed by atoms with E-state index in [-0.39, 0.29) is 46.0 Å². The Morgan fingerprint density at radius 1 is 0.737 bits per heavy atom. The number of hydrogen-bond donors (Lipinski definition) is 10. The van der Waals surface area contributed by atoms with Crippen LogP contribution in [0.3, 0.4) is 0 Å². The zero-order valence-corrected chi connectivity index (χ0v) is 34.2. The Kier molecular flexibility index (Phi) is 11.5. The summed E-state index contributed by atoms with van der Waals surface area (Å²) in [6.07, 6.45) is -9.73. The molecule has 7 aliphatic rings. The van der Waals surface area contributed by atoms with Crippen molar-refractivity contribution < 1.29 is 74.8 Å². The van der Waals surface area contributed by atoms with E-state index in [0.29, 0.717) is 25.7 Å². The number of hydrogen-bond acceptors (Lipinski definition) is 15. The third-order valence-electron chi connectivity index (χ3n) is 17.3. The Labute approximate surface area is 335 Å². The molecule has 0 radical (unpaired) electrons. The molecule has 0 aromatic heterocycles. The maximum atomic E-state index is 14.8. The van der Waals surface area contributed by atoms with E-state index < -0.39 is 104 Å². The van der Waals surface area contributed by atoms with Gasteiger partial charge in [-0.05, 0) is 97.2 Å². The lowest BCUT2D eigenvalue weighted by atomic mass is 9.33. The number of carbonyl (C=O) groups excluding carboxylic acids is 1. The number of allylic oxidation sites excluding steroid dienone is 2. The van der Waals surface area contributed by atoms with Gasteiger partial charge in [-0.2, -0.15) is 0 Å². The van der Waals surface area contributed by atoms with Crippen molar-refractivity contribution in [3.8, 4) is 0 Å². The zero-order chi connectivity index (χ0) is 41.8. The monoisotopic (exact) mass is 812 g/mol. The van der Waals surface area contributed by atoms with Crippen LogP contribution in [0.25, 0.3) is 0 Å². The average Bonchev–Trinajstić information content (AvgIpc) is 3.16. The van der Waals surface area contributed by atoms with Gasteiger partial charge >= 0.3 is 5.97 Å². The number of aliphatic hydroxyl groups excluding tert-OH is 10. The molecule has 20 atom stereocenters. The van der Waals surface area contributed by atoms with Gasteiger partial charge in [-0.25, -0.2) is 0 Å². The Bertz CT molecular complexity index is 1540. The number of esters is 1. The quantitative estimate of drug-likeness (QED) is 0.122. The summed E-state index contributed by atoms with van der Waals surface area (Å²) in [5.41, 5.74) is -1.53. The average molecular weight is 813 g/mol. The Morgan fingerprint density at radius 2 is 1.35 bits per heavy atom. The molecule has 7 rings (SSSR count). The molecule has 326 valence electrons. The first-order chi connectivity index (χ1) is 26.5. The van der Waals surface area contributed by atoms with E-state index >= 15 is 0 Å². The third kappa shape index (κ3) is 6.51. The van der Waals surface area contributed by atoms with Gasteiger partial charge in [0.15, 0.2) is 6.29 Å². The van der Waals surface area contributed by atoms with Crippen molar-refractivity contribution >= 4 is 5.97 Å². The lowest BCUT2D eigenvalue weighted by molar-refractivity contribution is -0.328. The summed E-state index contributed by atoms with van der Waals surface area (Å²) in [6.45, 7) is 11.8. The predicted molar refractivity (Wildman–Crippen MR) is 200 cm³/mol. The predicted octanol–water partition coefficient (Wildman–Crippen LogP) is 0.260. The van der Waals surface area contributed by atoms with Crippen molar-refractivity contribution in [1.82, 2.24) is 0 Å². The summed E-state index contributed by atoms with van der Waals surface area (Å²) in [5.74, 6) is -0.585. The fourth-order valence-electron chi connectivity index (χ4n) is 13.5. The van der Waals surface area contributed by atoms with Crippen LogP contribution >= 0.6 is 0 Å². The van der Waals surface area contributed by atoms with E-state index in [4.69, 9.17) is 18.9 Å². The largest absolute Gasteiger partial charge is 0.432 e. The molecule has 0 unspecified atom stereocenters. The zero-order valence-electron chi connectivity index (χ0n) is 34.2. The van der Waals surface area contributed by atoms with Crippen molar-refractivity contribution in [3.63, 3.8) is 0 Å². The first-order valence-corrected chi connectivity index (χ1v) is 21.1. The minimum absolute atomic E-state index is 0.0125. The molecule has 4 saturated carbocycles. The minimum atomic E-state index is -1.80. The molecule has 0 amide bonds. The molecule has 15 heteroatoms. The molecule has 57 heavy (non-hydrogen) atoms. The topological polar surface area (TPSA) is 256 Å². The highest BCUT2D eigenvalue weighted by Gasteiger charge is 2.71. The molecule has 15 nitrogen and oxygen atoms in total. The van der Waals surface area contributed by atoms with Crippen LogP contribution in [0.15, 0.2) is 11.6 Å². The molecule has 0 aromatic carbocycles. The van der Waals surface area contributed by atoms with Crippen molar-refractivity contribution in [2.24, 2.45) is 50.2 Å². The fourth-order valence-corrected chi connectivity index (χ4v) is 13.5. The van der Waals surface area contributed by atoms with Gasteiger partial charge in [0.1, 0.15) is 48.8 Å². The van der Waals surface area contributed by atoms with Gasteiger partial charge in [-0.15, -0.1) is 0 Å². The van der Waals surface area contributed by atoms with E-state index in [1.54, 1.807) is 0 Å². The van der Waals surface area contributed by atoms with Crippen LogP contribution in [0.5, 0.6) is 0 Å². The van der Waals surface area contributed by atoms with E-state index in [9.17, 15) is 55.9 Å². The summed E-state index contributed by atoms with van der Waals surface area (Å²) >= 11 is 0. The highest BCUT2D eigenvalue weighted by molar-refractivity contribution is 5.79. The summed E-state index contributed by atoms with van der Waals surface area (Å²) < 4.78 is 23.0. The third-order valence-corrected chi connectivity index (χ3v) is 17.3. The summed E-state index contributed by atoms with van der Waals surface area (Å²) in [6, 6.07) is 0. The van der Waals surface area contributed by atoms with E-state index in [1.807, 2.05) is 6.92 Å². The molecule has 2 heterocycles. The maximum Gasteiger partial charge on any atom is 0.315 e. The molecular weight excluding hydrogens is 744 g/mol. The normalized spacial score (nSPS) is 54.7. The van der Waals surface area contributed by atoms with Gasteiger partial charge < -0.3 is 70.0 Å². The van der Waals surface area contributed by atoms with Gasteiger partial charge in [0.05, 0.1) is 37.4 Å². The highest BCUT2D eigenvalue weighted by Crippen LogP contribution is 2.76. The van der Waals surface area contributed by atoms with E-state index in [2.05, 4.69) is 40.7 Å². The number of ether oxygens (including phenoxy) is 4. The second-order valence-electron chi connectivity index (χ2n) is 20.7. The van der Waals surface area contributed by atoms with E-state index in [1.165, 1.54) is 5.57 Å². The van der Waals surface area contributed by atoms with E-state index in [0.717, 1.165) is 32.1 Å². The standard InChI is InChI=1S/C42H68O15/c1-37(2)11-13-42(36(53)57-35-32(51)30(49)28(47)24(56-35)18-54-34-31(50)29(48)27(46)23(17-43)55-34)14-12-40(5)20(21(42)15-37)7-8-26-38(3)16-22(45)33(52)39(4,19-44)25(38)9-10-41(26,40)6/h7,21-35,43-52H,8-19H2,1-6H3/t21-,22+,23+,24+,25+,26+,27+,28+,29-,30-,31+,32+,33-,34+,35-,38-,39-,40+,41+,42-/m0/s1. The van der Waals surface area contributed by atoms with Crippen LogP contribution in [0.4, 0.5) is 0 Å². The van der Waals surface area contributed by atoms with Crippen LogP contribution in [0, 0.1) is 50.2 Å². The van der Waals surface area contributed by atoms with Gasteiger partial charge in [-0.3, -0.25) is 4.79 Å². The molecule has 2 aliphatic heterocycles. The molecule has 6 fully saturated rings. The van der Waals surface area contributed by atoms with Crippen LogP contribution in [0.1, 0.15) is 99.3 Å². The maximum absolute atomic E-state index is 14.8. The smallest absolute Gasteiger partial charge is 0.315 e. The number of fused-ring (bicyclic) bond motifs is 7. The lowest BCUT2D eigenvalue weighted by Gasteiger charge is -2.71. The summed E-state index contributed by atoms with van der Waals surface area (Å²) in [4.78, 5) is 14.8. The Balaban J connectivity index is 1.14. The fraction of sp³-hybridized carbons (Fsp3) is 0.929.